The van der Waals surface area contributed by atoms with E-state index in [1.807, 2.05) is 4.57 Å². The Morgan fingerprint density at radius 3 is 2.89 bits per heavy atom. The van der Waals surface area contributed by atoms with Gasteiger partial charge in [0.2, 0.25) is 0 Å². The smallest absolute Gasteiger partial charge is 0.311 e. The Hall–Kier alpha value is -2.44. The molecule has 1 fully saturated rings. The SMILES string of the molecule is COc1ccc(-c2nncn2C2CC2)cc1[N+](=O)[O-]. The molecule has 1 aromatic heterocycles. The molecule has 0 N–H and O–H groups in total. The van der Waals surface area contributed by atoms with Gasteiger partial charge in [0.05, 0.1) is 12.0 Å². The number of aromatic nitrogens is 3. The molecule has 98 valence electrons. The maximum absolute atomic E-state index is 11.0. The fourth-order valence-corrected chi connectivity index (χ4v) is 2.04. The van der Waals surface area contributed by atoms with Gasteiger partial charge in [0.25, 0.3) is 0 Å². The molecule has 0 amide bonds. The maximum Gasteiger partial charge on any atom is 0.311 e. The molecule has 1 aliphatic rings. The van der Waals surface area contributed by atoms with Crippen molar-refractivity contribution in [2.75, 3.05) is 7.11 Å². The van der Waals surface area contributed by atoms with Gasteiger partial charge < -0.3 is 9.30 Å². The van der Waals surface area contributed by atoms with E-state index in [-0.39, 0.29) is 11.4 Å². The van der Waals surface area contributed by atoms with Gasteiger partial charge in [0.1, 0.15) is 6.33 Å². The highest BCUT2D eigenvalue weighted by molar-refractivity contribution is 5.63. The molecule has 0 spiro atoms. The Bertz CT molecular complexity index is 634. The summed E-state index contributed by atoms with van der Waals surface area (Å²) in [5.41, 5.74) is 0.613. The first-order chi connectivity index (χ1) is 9.20. The zero-order valence-corrected chi connectivity index (χ0v) is 10.3. The minimum atomic E-state index is -0.458. The van der Waals surface area contributed by atoms with E-state index in [9.17, 15) is 10.1 Å². The molecule has 3 rings (SSSR count). The molecular formula is C12H12N4O3. The van der Waals surface area contributed by atoms with Gasteiger partial charge in [0, 0.05) is 17.7 Å². The monoisotopic (exact) mass is 260 g/mol. The zero-order chi connectivity index (χ0) is 13.4. The molecule has 1 saturated carbocycles. The maximum atomic E-state index is 11.0. The summed E-state index contributed by atoms with van der Waals surface area (Å²) in [5, 5.41) is 19.0. The number of hydrogen-bond donors (Lipinski definition) is 0. The summed E-state index contributed by atoms with van der Waals surface area (Å²) in [4.78, 5) is 10.6. The van der Waals surface area contributed by atoms with E-state index >= 15 is 0 Å². The summed E-state index contributed by atoms with van der Waals surface area (Å²) >= 11 is 0. The summed E-state index contributed by atoms with van der Waals surface area (Å²) in [6.45, 7) is 0. The fourth-order valence-electron chi connectivity index (χ4n) is 2.04. The second kappa shape index (κ2) is 4.34. The van der Waals surface area contributed by atoms with E-state index in [1.165, 1.54) is 13.2 Å². The van der Waals surface area contributed by atoms with Crippen LogP contribution in [0.1, 0.15) is 18.9 Å². The summed E-state index contributed by atoms with van der Waals surface area (Å²) < 4.78 is 6.95. The van der Waals surface area contributed by atoms with Crippen LogP contribution in [0.3, 0.4) is 0 Å². The van der Waals surface area contributed by atoms with Gasteiger partial charge in [-0.05, 0) is 25.0 Å². The predicted octanol–water partition coefficient (Wildman–Crippen LogP) is 2.20. The van der Waals surface area contributed by atoms with Gasteiger partial charge in [-0.15, -0.1) is 10.2 Å². The first-order valence-electron chi connectivity index (χ1n) is 5.93. The molecule has 1 aromatic carbocycles. The lowest BCUT2D eigenvalue weighted by Crippen LogP contribution is -1.98. The van der Waals surface area contributed by atoms with Crippen LogP contribution in [0.15, 0.2) is 24.5 Å². The second-order valence-electron chi connectivity index (χ2n) is 4.44. The number of nitro groups is 1. The third-order valence-electron chi connectivity index (χ3n) is 3.15. The van der Waals surface area contributed by atoms with Crippen LogP contribution in [-0.4, -0.2) is 26.8 Å². The molecule has 0 aliphatic heterocycles. The predicted molar refractivity (Wildman–Crippen MR) is 66.9 cm³/mol. The molecule has 0 radical (unpaired) electrons. The topological polar surface area (TPSA) is 83.1 Å². The van der Waals surface area contributed by atoms with Crippen LogP contribution < -0.4 is 4.74 Å². The lowest BCUT2D eigenvalue weighted by Gasteiger charge is -2.06. The van der Waals surface area contributed by atoms with Gasteiger partial charge in [-0.2, -0.15) is 0 Å². The number of ether oxygens (including phenoxy) is 1. The number of nitro benzene ring substituents is 1. The third kappa shape index (κ3) is 2.03. The second-order valence-corrected chi connectivity index (χ2v) is 4.44. The van der Waals surface area contributed by atoms with Gasteiger partial charge in [-0.25, -0.2) is 0 Å². The molecule has 7 nitrogen and oxygen atoms in total. The van der Waals surface area contributed by atoms with Crippen LogP contribution in [0.25, 0.3) is 11.4 Å². The van der Waals surface area contributed by atoms with Gasteiger partial charge in [-0.1, -0.05) is 0 Å². The number of rotatable bonds is 4. The van der Waals surface area contributed by atoms with E-state index in [2.05, 4.69) is 10.2 Å². The average molecular weight is 260 g/mol. The Labute approximate surface area is 109 Å². The van der Waals surface area contributed by atoms with Crippen LogP contribution in [0.2, 0.25) is 0 Å². The summed E-state index contributed by atoms with van der Waals surface area (Å²) in [6, 6.07) is 5.24. The van der Waals surface area contributed by atoms with E-state index in [1.54, 1.807) is 18.5 Å². The average Bonchev–Trinajstić information content (AvgIpc) is 3.15. The summed E-state index contributed by atoms with van der Waals surface area (Å²) in [6.07, 6.45) is 3.87. The molecule has 1 heterocycles. The first-order valence-corrected chi connectivity index (χ1v) is 5.93. The first kappa shape index (κ1) is 11.6. The minimum Gasteiger partial charge on any atom is -0.490 e. The summed E-state index contributed by atoms with van der Waals surface area (Å²) in [7, 11) is 1.41. The normalized spacial score (nSPS) is 14.4. The highest BCUT2D eigenvalue weighted by Crippen LogP contribution is 2.38. The standard InChI is InChI=1S/C12H12N4O3/c1-19-11-5-2-8(6-10(11)16(17)18)12-14-13-7-15(12)9-3-4-9/h2,5-7,9H,3-4H2,1H3. The van der Waals surface area contributed by atoms with Crippen molar-refractivity contribution in [3.8, 4) is 17.1 Å². The van der Waals surface area contributed by atoms with Gasteiger partial charge in [0.15, 0.2) is 11.6 Å². The van der Waals surface area contributed by atoms with Crippen molar-refractivity contribution in [1.82, 2.24) is 14.8 Å². The van der Waals surface area contributed by atoms with Gasteiger partial charge >= 0.3 is 5.69 Å². The number of hydrogen-bond acceptors (Lipinski definition) is 5. The Kier molecular flexibility index (Phi) is 2.66. The minimum absolute atomic E-state index is 0.0645. The van der Waals surface area contributed by atoms with E-state index in [0.717, 1.165) is 12.8 Å². The highest BCUT2D eigenvalue weighted by atomic mass is 16.6. The molecule has 0 bridgehead atoms. The lowest BCUT2D eigenvalue weighted by molar-refractivity contribution is -0.385. The van der Waals surface area contributed by atoms with Crippen LogP contribution in [0.4, 0.5) is 5.69 Å². The molecule has 0 saturated heterocycles. The number of benzene rings is 1. The van der Waals surface area contributed by atoms with Crippen molar-refractivity contribution in [2.45, 2.75) is 18.9 Å². The van der Waals surface area contributed by atoms with E-state index < -0.39 is 4.92 Å². The van der Waals surface area contributed by atoms with Crippen LogP contribution >= 0.6 is 0 Å². The molecule has 1 aliphatic carbocycles. The van der Waals surface area contributed by atoms with E-state index in [0.29, 0.717) is 17.4 Å². The van der Waals surface area contributed by atoms with Crippen molar-refractivity contribution in [3.05, 3.63) is 34.6 Å². The molecule has 0 unspecified atom stereocenters. The molecule has 7 heteroatoms. The Balaban J connectivity index is 2.07. The van der Waals surface area contributed by atoms with Crippen molar-refractivity contribution < 1.29 is 9.66 Å². The number of methoxy groups -OCH3 is 1. The molecule has 0 atom stereocenters. The largest absolute Gasteiger partial charge is 0.490 e. The number of nitrogens with zero attached hydrogens (tertiary/aromatic N) is 4. The van der Waals surface area contributed by atoms with Crippen molar-refractivity contribution in [1.29, 1.82) is 0 Å². The van der Waals surface area contributed by atoms with Gasteiger partial charge in [-0.3, -0.25) is 10.1 Å². The zero-order valence-electron chi connectivity index (χ0n) is 10.3. The Morgan fingerprint density at radius 1 is 1.47 bits per heavy atom. The van der Waals surface area contributed by atoms with Crippen LogP contribution in [0.5, 0.6) is 5.75 Å². The Morgan fingerprint density at radius 2 is 2.26 bits per heavy atom. The quantitative estimate of drug-likeness (QED) is 0.621. The van der Waals surface area contributed by atoms with E-state index in [4.69, 9.17) is 4.74 Å². The van der Waals surface area contributed by atoms with Crippen molar-refractivity contribution in [3.63, 3.8) is 0 Å². The fraction of sp³-hybridized carbons (Fsp3) is 0.333. The van der Waals surface area contributed by atoms with Crippen molar-refractivity contribution >= 4 is 5.69 Å². The summed E-state index contributed by atoms with van der Waals surface area (Å²) in [5.74, 6) is 0.902. The molecule has 19 heavy (non-hydrogen) atoms. The van der Waals surface area contributed by atoms with Crippen LogP contribution in [-0.2, 0) is 0 Å². The molecular weight excluding hydrogens is 248 g/mol. The van der Waals surface area contributed by atoms with Crippen LogP contribution in [0, 0.1) is 10.1 Å². The van der Waals surface area contributed by atoms with Crippen molar-refractivity contribution in [2.24, 2.45) is 0 Å². The lowest BCUT2D eigenvalue weighted by atomic mass is 10.1. The highest BCUT2D eigenvalue weighted by Gasteiger charge is 2.27. The third-order valence-corrected chi connectivity index (χ3v) is 3.15. The molecule has 2 aromatic rings.